The molecule has 4 fully saturated rings. The lowest BCUT2D eigenvalue weighted by atomic mass is 9.91. The lowest BCUT2D eigenvalue weighted by Crippen LogP contribution is -2.68. The number of nitrogens with zero attached hydrogens (tertiary/aromatic N) is 1. The Kier molecular flexibility index (Phi) is 18.0. The number of hydrogen-bond acceptors (Lipinski definition) is 16. The van der Waals surface area contributed by atoms with Crippen LogP contribution in [0.2, 0.25) is 0 Å². The van der Waals surface area contributed by atoms with Crippen molar-refractivity contribution in [1.82, 2.24) is 20.9 Å². The van der Waals surface area contributed by atoms with E-state index >= 15 is 0 Å². The van der Waals surface area contributed by atoms with E-state index < -0.39 is 129 Å². The summed E-state index contributed by atoms with van der Waals surface area (Å²) in [5.41, 5.74) is 0. The summed E-state index contributed by atoms with van der Waals surface area (Å²) < 4.78 is 23.3. The molecule has 0 aromatic heterocycles. The molecule has 0 aliphatic carbocycles. The molecular weight excluding hydrogens is 756 g/mol. The summed E-state index contributed by atoms with van der Waals surface area (Å²) in [6.45, 7) is 4.63. The van der Waals surface area contributed by atoms with Crippen LogP contribution in [-0.2, 0) is 33.3 Å². The molecule has 0 aromatic carbocycles. The Balaban J connectivity index is 1.46. The maximum absolute atomic E-state index is 13.1. The van der Waals surface area contributed by atoms with Gasteiger partial charge in [0.25, 0.3) is 0 Å². The van der Waals surface area contributed by atoms with E-state index in [0.29, 0.717) is 12.3 Å². The van der Waals surface area contributed by atoms with Crippen LogP contribution in [0.4, 0.5) is 4.79 Å². The number of ether oxygens (including phenoxy) is 4. The van der Waals surface area contributed by atoms with Gasteiger partial charge in [-0.2, -0.15) is 0 Å². The third-order valence-electron chi connectivity index (χ3n) is 10.7. The lowest BCUT2D eigenvalue weighted by Gasteiger charge is -2.47. The van der Waals surface area contributed by atoms with Gasteiger partial charge in [-0.05, 0) is 24.8 Å². The van der Waals surface area contributed by atoms with Crippen molar-refractivity contribution in [3.05, 3.63) is 12.2 Å². The van der Waals surface area contributed by atoms with E-state index in [1.165, 1.54) is 25.3 Å². The van der Waals surface area contributed by atoms with Gasteiger partial charge >= 0.3 is 6.03 Å². The van der Waals surface area contributed by atoms with E-state index in [4.69, 9.17) is 18.9 Å². The van der Waals surface area contributed by atoms with Gasteiger partial charge in [0.05, 0.1) is 18.8 Å². The van der Waals surface area contributed by atoms with Crippen LogP contribution in [0.25, 0.3) is 0 Å². The molecule has 4 aliphatic rings. The number of nitrogens with one attached hydrogen (secondary N) is 3. The molecule has 0 unspecified atom stereocenters. The second-order valence-corrected chi connectivity index (χ2v) is 15.7. The average molecular weight is 819 g/mol. The van der Waals surface area contributed by atoms with Gasteiger partial charge < -0.3 is 70.4 Å². The summed E-state index contributed by atoms with van der Waals surface area (Å²) in [6.07, 6.45) is -11.1. The first-order chi connectivity index (χ1) is 27.0. The molecule has 0 saturated carbocycles. The minimum atomic E-state index is -1.84. The fourth-order valence-electron chi connectivity index (χ4n) is 7.49. The fraction of sp³-hybridized carbons (Fsp3) is 0.838. The van der Waals surface area contributed by atoms with Crippen LogP contribution < -0.4 is 16.0 Å². The summed E-state index contributed by atoms with van der Waals surface area (Å²) in [5, 5.41) is 93.5. The topological polar surface area (TPSA) is 306 Å². The van der Waals surface area contributed by atoms with E-state index in [9.17, 15) is 60.0 Å². The van der Waals surface area contributed by atoms with E-state index in [2.05, 4.69) is 29.8 Å². The number of aliphatic hydroxyl groups excluding tert-OH is 8. The van der Waals surface area contributed by atoms with Crippen molar-refractivity contribution < 1.29 is 79.0 Å². The van der Waals surface area contributed by atoms with Crippen LogP contribution in [0, 0.1) is 5.92 Å². The maximum Gasteiger partial charge on any atom is 0.326 e. The van der Waals surface area contributed by atoms with E-state index in [-0.39, 0.29) is 13.0 Å². The molecule has 0 aromatic rings. The molecule has 15 atom stereocenters. The van der Waals surface area contributed by atoms with E-state index in [0.717, 1.165) is 37.5 Å². The number of carbonyl (C=O) groups excluding carboxylic acids is 4. The van der Waals surface area contributed by atoms with Gasteiger partial charge in [0.15, 0.2) is 18.8 Å². The maximum atomic E-state index is 13.1. The van der Waals surface area contributed by atoms with E-state index in [1.807, 2.05) is 0 Å². The smallest absolute Gasteiger partial charge is 0.326 e. The van der Waals surface area contributed by atoms with Crippen molar-refractivity contribution in [1.29, 1.82) is 0 Å². The van der Waals surface area contributed by atoms with Crippen LogP contribution in [0.5, 0.6) is 0 Å². The van der Waals surface area contributed by atoms with Gasteiger partial charge in [-0.1, -0.05) is 58.4 Å². The zero-order valence-electron chi connectivity index (χ0n) is 32.7. The fourth-order valence-corrected chi connectivity index (χ4v) is 7.49. The molecular formula is C37H62N4O16. The molecule has 20 nitrogen and oxygen atoms in total. The van der Waals surface area contributed by atoms with Crippen molar-refractivity contribution in [3.8, 4) is 0 Å². The molecule has 57 heavy (non-hydrogen) atoms. The lowest BCUT2D eigenvalue weighted by molar-refractivity contribution is -0.346. The number of urea groups is 1. The molecule has 5 amide bonds. The van der Waals surface area contributed by atoms with Crippen LogP contribution >= 0.6 is 0 Å². The van der Waals surface area contributed by atoms with Gasteiger partial charge in [-0.15, -0.1) is 0 Å². The van der Waals surface area contributed by atoms with Crippen molar-refractivity contribution in [2.45, 2.75) is 177 Å². The highest BCUT2D eigenvalue weighted by Gasteiger charge is 2.54. The van der Waals surface area contributed by atoms with Gasteiger partial charge in [0.1, 0.15) is 60.9 Å². The van der Waals surface area contributed by atoms with Crippen molar-refractivity contribution >= 4 is 23.8 Å². The number of allylic oxidation sites excluding steroid dienone is 1. The van der Waals surface area contributed by atoms with Gasteiger partial charge in [-0.25, -0.2) is 4.79 Å². The van der Waals surface area contributed by atoms with E-state index in [1.54, 1.807) is 6.08 Å². The zero-order chi connectivity index (χ0) is 42.0. The number of hydrogen-bond donors (Lipinski definition) is 11. The third-order valence-corrected chi connectivity index (χ3v) is 10.7. The average Bonchev–Trinajstić information content (AvgIpc) is 3.45. The highest BCUT2D eigenvalue weighted by molar-refractivity contribution is 5.96. The Morgan fingerprint density at radius 2 is 1.44 bits per heavy atom. The SMILES string of the molecule is CC(=O)N[C@H]1[C@@H](O[C@@H]2O[C@H](C[C@H](O)[C@H]3O[C@@H](N4CCC(=O)NC4=O)[C@H](O)[C@@H]3O)[C@H](O)[C@H](O)[C@H]2NC(=O)/C=C/CCCCCCCCC(C)C)O[C@H](CO)[C@@H](O)[C@@H]1O. The highest BCUT2D eigenvalue weighted by atomic mass is 16.8. The van der Waals surface area contributed by atoms with Crippen molar-refractivity contribution in [2.24, 2.45) is 5.92 Å². The third kappa shape index (κ3) is 12.6. The molecule has 0 radical (unpaired) electrons. The molecule has 326 valence electrons. The molecule has 11 N–H and O–H groups in total. The predicted molar refractivity (Wildman–Crippen MR) is 196 cm³/mol. The first-order valence-electron chi connectivity index (χ1n) is 19.9. The summed E-state index contributed by atoms with van der Waals surface area (Å²) in [6, 6.07) is -3.86. The predicted octanol–water partition coefficient (Wildman–Crippen LogP) is -2.65. The number of amides is 5. The minimum absolute atomic E-state index is 0.0994. The molecule has 4 aliphatic heterocycles. The summed E-state index contributed by atoms with van der Waals surface area (Å²) >= 11 is 0. The molecule has 4 rings (SSSR count). The number of unbranched alkanes of at least 4 members (excludes halogenated alkanes) is 6. The quantitative estimate of drug-likeness (QED) is 0.0469. The Morgan fingerprint density at radius 3 is 2.05 bits per heavy atom. The standard InChI is InChI=1S/C37H62N4O16/c1-18(2)12-10-8-6-4-5-7-9-11-13-23(45)39-26-30(50)27(47)21(54-36(26)57-35-25(38-19(3)43)29(49)28(48)22(17-42)55-35)16-20(44)33-31(51)32(52)34(56-33)41-15-14-24(46)40-37(41)53/h11,13,18,20-22,25-36,42,44,47-52H,4-10,12,14-17H2,1-3H3,(H,38,43)(H,39,45)(H,40,46,53)/b13-11+/t20-,21+,22+,25+,26+,27-,28+,29+,30+,31-,32+,33+,34+,35+,36-/m0/s1. The van der Waals surface area contributed by atoms with Crippen LogP contribution in [-0.4, -0.2) is 175 Å². The van der Waals surface area contributed by atoms with Gasteiger partial charge in [0.2, 0.25) is 17.7 Å². The summed E-state index contributed by atoms with van der Waals surface area (Å²) in [5.74, 6) is -1.20. The number of aliphatic hydroxyl groups is 8. The minimum Gasteiger partial charge on any atom is -0.394 e. The summed E-state index contributed by atoms with van der Waals surface area (Å²) in [7, 11) is 0. The molecule has 0 spiro atoms. The monoisotopic (exact) mass is 818 g/mol. The first-order valence-corrected chi connectivity index (χ1v) is 19.9. The highest BCUT2D eigenvalue weighted by Crippen LogP contribution is 2.33. The molecule has 20 heteroatoms. The second kappa shape index (κ2) is 21.9. The van der Waals surface area contributed by atoms with Crippen LogP contribution in [0.15, 0.2) is 12.2 Å². The Hall–Kier alpha value is -2.86. The van der Waals surface area contributed by atoms with Gasteiger partial charge in [-0.3, -0.25) is 24.6 Å². The molecule has 0 bridgehead atoms. The van der Waals surface area contributed by atoms with Crippen molar-refractivity contribution in [3.63, 3.8) is 0 Å². The van der Waals surface area contributed by atoms with Gasteiger partial charge in [0, 0.05) is 26.3 Å². The number of rotatable bonds is 19. The van der Waals surface area contributed by atoms with Crippen LogP contribution in [0.1, 0.15) is 85.0 Å². The second-order valence-electron chi connectivity index (χ2n) is 15.7. The first kappa shape index (κ1) is 46.8. The normalized spacial score (nSPS) is 36.7. The van der Waals surface area contributed by atoms with Crippen LogP contribution in [0.3, 0.4) is 0 Å². The Labute approximate surface area is 331 Å². The number of imide groups is 1. The Morgan fingerprint density at radius 1 is 0.842 bits per heavy atom. The Bertz CT molecular complexity index is 1360. The number of carbonyl (C=O) groups is 4. The largest absolute Gasteiger partial charge is 0.394 e. The summed E-state index contributed by atoms with van der Waals surface area (Å²) in [4.78, 5) is 50.2. The zero-order valence-corrected chi connectivity index (χ0v) is 32.7. The van der Waals surface area contributed by atoms with Crippen molar-refractivity contribution in [2.75, 3.05) is 13.2 Å². The molecule has 4 heterocycles. The molecule has 4 saturated heterocycles.